The van der Waals surface area contributed by atoms with Gasteiger partial charge in [-0.25, -0.2) is 4.39 Å². The second-order valence-electron chi connectivity index (χ2n) is 5.53. The molecular formula is C18H17ClFNO4. The maximum atomic E-state index is 13.7. The summed E-state index contributed by atoms with van der Waals surface area (Å²) in [5.41, 5.74) is 1.03. The molecule has 5 nitrogen and oxygen atoms in total. The number of halogens is 2. The monoisotopic (exact) mass is 365 g/mol. The Hall–Kier alpha value is -2.47. The van der Waals surface area contributed by atoms with Gasteiger partial charge >= 0.3 is 0 Å². The van der Waals surface area contributed by atoms with Gasteiger partial charge < -0.3 is 19.5 Å². The van der Waals surface area contributed by atoms with E-state index in [1.54, 1.807) is 18.2 Å². The van der Waals surface area contributed by atoms with Gasteiger partial charge in [0.05, 0.1) is 31.8 Å². The van der Waals surface area contributed by atoms with E-state index in [0.717, 1.165) is 6.42 Å². The molecule has 7 heteroatoms. The molecule has 3 rings (SSSR count). The van der Waals surface area contributed by atoms with Crippen LogP contribution in [0.2, 0.25) is 5.02 Å². The van der Waals surface area contributed by atoms with Crippen molar-refractivity contribution in [2.45, 2.75) is 12.8 Å². The van der Waals surface area contributed by atoms with Crippen molar-refractivity contribution in [3.63, 3.8) is 0 Å². The molecule has 25 heavy (non-hydrogen) atoms. The summed E-state index contributed by atoms with van der Waals surface area (Å²) in [5, 5.41) is 3.05. The van der Waals surface area contributed by atoms with Crippen LogP contribution in [0.1, 0.15) is 12.0 Å². The molecule has 0 saturated heterocycles. The number of hydrogen-bond acceptors (Lipinski definition) is 4. The Balaban J connectivity index is 1.72. The van der Waals surface area contributed by atoms with Crippen molar-refractivity contribution < 1.29 is 23.4 Å². The van der Waals surface area contributed by atoms with Crippen LogP contribution in [0.3, 0.4) is 0 Å². The molecular weight excluding hydrogens is 349 g/mol. The molecule has 1 heterocycles. The maximum Gasteiger partial charge on any atom is 0.228 e. The summed E-state index contributed by atoms with van der Waals surface area (Å²) >= 11 is 6.22. The van der Waals surface area contributed by atoms with E-state index in [0.29, 0.717) is 41.0 Å². The van der Waals surface area contributed by atoms with Gasteiger partial charge in [0.1, 0.15) is 0 Å². The summed E-state index contributed by atoms with van der Waals surface area (Å²) in [6.45, 7) is 1.07. The number of nitrogens with one attached hydrogen (secondary N) is 1. The number of rotatable bonds is 4. The van der Waals surface area contributed by atoms with E-state index in [-0.39, 0.29) is 18.1 Å². The highest BCUT2D eigenvalue weighted by molar-refractivity contribution is 6.32. The fraction of sp³-hybridized carbons (Fsp3) is 0.278. The van der Waals surface area contributed by atoms with Crippen LogP contribution in [0.25, 0.3) is 0 Å². The zero-order chi connectivity index (χ0) is 17.8. The lowest BCUT2D eigenvalue weighted by Gasteiger charge is -2.12. The second-order valence-corrected chi connectivity index (χ2v) is 5.94. The number of carbonyl (C=O) groups excluding carboxylic acids is 1. The van der Waals surface area contributed by atoms with Crippen molar-refractivity contribution in [2.24, 2.45) is 0 Å². The van der Waals surface area contributed by atoms with Crippen LogP contribution in [0.4, 0.5) is 10.1 Å². The molecule has 1 aliphatic rings. The molecule has 0 bridgehead atoms. The molecule has 0 aromatic heterocycles. The number of ether oxygens (including phenoxy) is 3. The summed E-state index contributed by atoms with van der Waals surface area (Å²) in [6.07, 6.45) is 0.841. The summed E-state index contributed by atoms with van der Waals surface area (Å²) < 4.78 is 29.7. The van der Waals surface area contributed by atoms with Gasteiger partial charge in [-0.15, -0.1) is 0 Å². The fourth-order valence-corrected chi connectivity index (χ4v) is 2.81. The molecule has 1 amide bonds. The molecule has 0 unspecified atom stereocenters. The molecule has 1 N–H and O–H groups in total. The van der Waals surface area contributed by atoms with Crippen molar-refractivity contribution in [3.05, 3.63) is 46.7 Å². The maximum absolute atomic E-state index is 13.7. The predicted octanol–water partition coefficient (Wildman–Crippen LogP) is 3.83. The molecule has 0 aliphatic carbocycles. The zero-order valence-corrected chi connectivity index (χ0v) is 14.4. The van der Waals surface area contributed by atoms with E-state index in [1.807, 2.05) is 0 Å². The number of amides is 1. The Kier molecular flexibility index (Phi) is 5.28. The van der Waals surface area contributed by atoms with Crippen molar-refractivity contribution >= 4 is 23.2 Å². The van der Waals surface area contributed by atoms with E-state index in [1.165, 1.54) is 19.2 Å². The van der Waals surface area contributed by atoms with Crippen LogP contribution in [0.15, 0.2) is 30.3 Å². The number of carbonyl (C=O) groups is 1. The quantitative estimate of drug-likeness (QED) is 0.894. The van der Waals surface area contributed by atoms with Crippen LogP contribution in [0.5, 0.6) is 17.2 Å². The SMILES string of the molecule is COc1ccc(NC(=O)Cc2cc(Cl)c3c(c2)OCCCO3)cc1F. The van der Waals surface area contributed by atoms with Crippen LogP contribution < -0.4 is 19.5 Å². The Bertz CT molecular complexity index is 797. The molecule has 0 fully saturated rings. The van der Waals surface area contributed by atoms with Crippen LogP contribution in [-0.2, 0) is 11.2 Å². The van der Waals surface area contributed by atoms with Crippen molar-refractivity contribution in [1.82, 2.24) is 0 Å². The van der Waals surface area contributed by atoms with Gasteiger partial charge in [0.15, 0.2) is 23.1 Å². The lowest BCUT2D eigenvalue weighted by Crippen LogP contribution is -2.14. The normalized spacial score (nSPS) is 13.1. The first-order valence-electron chi connectivity index (χ1n) is 7.78. The minimum absolute atomic E-state index is 0.0734. The molecule has 2 aromatic rings. The molecule has 2 aromatic carbocycles. The standard InChI is InChI=1S/C18H17ClFNO4/c1-23-15-4-3-12(10-14(15)20)21-17(22)9-11-7-13(19)18-16(8-11)24-5-2-6-25-18/h3-4,7-8,10H,2,5-6,9H2,1H3,(H,21,22). The predicted molar refractivity (Wildman–Crippen MR) is 92.3 cm³/mol. The number of benzene rings is 2. The number of fused-ring (bicyclic) bond motifs is 1. The third-order valence-electron chi connectivity index (χ3n) is 3.66. The van der Waals surface area contributed by atoms with Crippen LogP contribution in [-0.4, -0.2) is 26.2 Å². The first-order valence-corrected chi connectivity index (χ1v) is 8.16. The Morgan fingerprint density at radius 1 is 1.28 bits per heavy atom. The highest BCUT2D eigenvalue weighted by Crippen LogP contribution is 2.38. The van der Waals surface area contributed by atoms with Gasteiger partial charge in [0.2, 0.25) is 5.91 Å². The zero-order valence-electron chi connectivity index (χ0n) is 13.6. The van der Waals surface area contributed by atoms with E-state index in [4.69, 9.17) is 25.8 Å². The molecule has 1 aliphatic heterocycles. The highest BCUT2D eigenvalue weighted by atomic mass is 35.5. The van der Waals surface area contributed by atoms with Crippen LogP contribution in [0, 0.1) is 5.82 Å². The first kappa shape index (κ1) is 17.4. The largest absolute Gasteiger partial charge is 0.494 e. The Labute approximate surface area is 149 Å². The molecule has 0 spiro atoms. The highest BCUT2D eigenvalue weighted by Gasteiger charge is 2.17. The minimum atomic E-state index is -0.543. The average molecular weight is 366 g/mol. The molecule has 0 atom stereocenters. The topological polar surface area (TPSA) is 56.8 Å². The van der Waals surface area contributed by atoms with Crippen LogP contribution >= 0.6 is 11.6 Å². The second kappa shape index (κ2) is 7.61. The van der Waals surface area contributed by atoms with E-state index in [2.05, 4.69) is 5.32 Å². The lowest BCUT2D eigenvalue weighted by molar-refractivity contribution is -0.115. The van der Waals surface area contributed by atoms with Gasteiger partial charge in [0, 0.05) is 18.2 Å². The number of methoxy groups -OCH3 is 1. The Morgan fingerprint density at radius 3 is 2.84 bits per heavy atom. The summed E-state index contributed by atoms with van der Waals surface area (Å²) in [6, 6.07) is 7.64. The van der Waals surface area contributed by atoms with Gasteiger partial charge in [-0.3, -0.25) is 4.79 Å². The molecule has 132 valence electrons. The smallest absolute Gasteiger partial charge is 0.228 e. The molecule has 0 radical (unpaired) electrons. The van der Waals surface area contributed by atoms with Crippen molar-refractivity contribution in [1.29, 1.82) is 0 Å². The molecule has 0 saturated carbocycles. The first-order chi connectivity index (χ1) is 12.1. The number of anilines is 1. The minimum Gasteiger partial charge on any atom is -0.494 e. The van der Waals surface area contributed by atoms with Crippen molar-refractivity contribution in [3.8, 4) is 17.2 Å². The third-order valence-corrected chi connectivity index (χ3v) is 3.94. The summed E-state index contributed by atoms with van der Waals surface area (Å²) in [5.74, 6) is 0.311. The average Bonchev–Trinajstić information content (AvgIpc) is 2.80. The summed E-state index contributed by atoms with van der Waals surface area (Å²) in [7, 11) is 1.38. The third kappa shape index (κ3) is 4.14. The van der Waals surface area contributed by atoms with E-state index in [9.17, 15) is 9.18 Å². The van der Waals surface area contributed by atoms with Gasteiger partial charge in [-0.2, -0.15) is 0 Å². The van der Waals surface area contributed by atoms with Gasteiger partial charge in [0.25, 0.3) is 0 Å². The number of hydrogen-bond donors (Lipinski definition) is 1. The fourth-order valence-electron chi connectivity index (χ4n) is 2.52. The Morgan fingerprint density at radius 2 is 2.08 bits per heavy atom. The lowest BCUT2D eigenvalue weighted by atomic mass is 10.1. The van der Waals surface area contributed by atoms with Gasteiger partial charge in [-0.1, -0.05) is 11.6 Å². The summed E-state index contributed by atoms with van der Waals surface area (Å²) in [4.78, 5) is 12.2. The van der Waals surface area contributed by atoms with Gasteiger partial charge in [-0.05, 0) is 29.8 Å². The van der Waals surface area contributed by atoms with Crippen molar-refractivity contribution in [2.75, 3.05) is 25.6 Å². The van der Waals surface area contributed by atoms with E-state index < -0.39 is 5.82 Å². The van der Waals surface area contributed by atoms with E-state index >= 15 is 0 Å².